The number of rotatable bonds is 4. The number of thiophene rings is 1. The van der Waals surface area contributed by atoms with Crippen LogP contribution in [-0.4, -0.2) is 25.7 Å². The second-order valence-electron chi connectivity index (χ2n) is 5.02. The molecule has 0 saturated heterocycles. The van der Waals surface area contributed by atoms with Crippen LogP contribution in [0.15, 0.2) is 29.6 Å². The van der Waals surface area contributed by atoms with Crippen molar-refractivity contribution in [3.8, 4) is 11.5 Å². The van der Waals surface area contributed by atoms with Crippen LogP contribution in [0.3, 0.4) is 0 Å². The molecule has 2 heterocycles. The zero-order valence-electron chi connectivity index (χ0n) is 11.9. The largest absolute Gasteiger partial charge is 0.493 e. The van der Waals surface area contributed by atoms with E-state index in [1.165, 1.54) is 17.5 Å². The highest BCUT2D eigenvalue weighted by Crippen LogP contribution is 2.29. The molecule has 0 atom stereocenters. The molecule has 0 radical (unpaired) electrons. The maximum atomic E-state index is 5.37. The number of fused-ring (bicyclic) bond motifs is 1. The van der Waals surface area contributed by atoms with E-state index in [1.807, 2.05) is 17.4 Å². The van der Waals surface area contributed by atoms with Crippen molar-refractivity contribution >= 4 is 11.3 Å². The molecule has 106 valence electrons. The topological polar surface area (TPSA) is 21.7 Å². The molecule has 1 aromatic carbocycles. The van der Waals surface area contributed by atoms with Gasteiger partial charge in [-0.2, -0.15) is 0 Å². The van der Waals surface area contributed by atoms with Gasteiger partial charge in [0.05, 0.1) is 14.2 Å². The Labute approximate surface area is 123 Å². The van der Waals surface area contributed by atoms with E-state index < -0.39 is 0 Å². The number of ether oxygens (including phenoxy) is 2. The van der Waals surface area contributed by atoms with Gasteiger partial charge in [0.2, 0.25) is 0 Å². The molecule has 20 heavy (non-hydrogen) atoms. The quantitative estimate of drug-likeness (QED) is 0.862. The summed E-state index contributed by atoms with van der Waals surface area (Å²) in [5.74, 6) is 1.59. The van der Waals surface area contributed by atoms with Gasteiger partial charge in [-0.25, -0.2) is 0 Å². The first kappa shape index (κ1) is 13.5. The maximum absolute atomic E-state index is 5.37. The van der Waals surface area contributed by atoms with Crippen molar-refractivity contribution in [1.29, 1.82) is 0 Å². The Bertz CT molecular complexity index is 594. The average molecular weight is 289 g/mol. The minimum absolute atomic E-state index is 0.787. The highest BCUT2D eigenvalue weighted by atomic mass is 32.1. The first-order valence-electron chi connectivity index (χ1n) is 6.78. The summed E-state index contributed by atoms with van der Waals surface area (Å²) in [7, 11) is 3.35. The molecule has 0 aliphatic carbocycles. The Kier molecular flexibility index (Phi) is 3.94. The summed E-state index contributed by atoms with van der Waals surface area (Å²) < 4.78 is 10.6. The molecule has 1 aromatic heterocycles. The minimum Gasteiger partial charge on any atom is -0.493 e. The fraction of sp³-hybridized carbons (Fsp3) is 0.375. The molecular formula is C16H19NO2S. The Hall–Kier alpha value is -1.52. The van der Waals surface area contributed by atoms with Crippen molar-refractivity contribution < 1.29 is 9.47 Å². The summed E-state index contributed by atoms with van der Waals surface area (Å²) in [6, 6.07) is 8.42. The third-order valence-electron chi connectivity index (χ3n) is 3.74. The summed E-state index contributed by atoms with van der Waals surface area (Å²) in [5, 5.41) is 2.20. The standard InChI is InChI=1S/C16H19NO2S/c1-18-14-4-3-12(9-15(14)19-2)10-17-7-5-16-13(11-17)6-8-20-16/h3-4,6,8-9H,5,7,10-11H2,1-2H3. The lowest BCUT2D eigenvalue weighted by Crippen LogP contribution is -2.29. The van der Waals surface area contributed by atoms with E-state index in [1.54, 1.807) is 19.1 Å². The molecule has 3 nitrogen and oxygen atoms in total. The lowest BCUT2D eigenvalue weighted by atomic mass is 10.1. The molecule has 3 rings (SSSR count). The first-order chi connectivity index (χ1) is 9.80. The van der Waals surface area contributed by atoms with Crippen LogP contribution >= 0.6 is 11.3 Å². The molecule has 0 unspecified atom stereocenters. The second kappa shape index (κ2) is 5.85. The molecule has 4 heteroatoms. The van der Waals surface area contributed by atoms with E-state index in [4.69, 9.17) is 9.47 Å². The van der Waals surface area contributed by atoms with Gasteiger partial charge in [0.25, 0.3) is 0 Å². The molecule has 0 bridgehead atoms. The van der Waals surface area contributed by atoms with Gasteiger partial charge in [-0.1, -0.05) is 6.07 Å². The highest BCUT2D eigenvalue weighted by Gasteiger charge is 2.17. The Morgan fingerprint density at radius 3 is 2.80 bits per heavy atom. The number of nitrogens with zero attached hydrogens (tertiary/aromatic N) is 1. The SMILES string of the molecule is COc1ccc(CN2CCc3sccc3C2)cc1OC. The fourth-order valence-electron chi connectivity index (χ4n) is 2.68. The summed E-state index contributed by atoms with van der Waals surface area (Å²) in [5.41, 5.74) is 2.75. The van der Waals surface area contributed by atoms with Crippen LogP contribution < -0.4 is 9.47 Å². The molecular weight excluding hydrogens is 270 g/mol. The van der Waals surface area contributed by atoms with Crippen LogP contribution in [0.4, 0.5) is 0 Å². The van der Waals surface area contributed by atoms with Gasteiger partial charge in [0.1, 0.15) is 0 Å². The van der Waals surface area contributed by atoms with Crippen molar-refractivity contribution in [1.82, 2.24) is 4.90 Å². The predicted molar refractivity (Wildman–Crippen MR) is 81.7 cm³/mol. The molecule has 2 aromatic rings. The number of methoxy groups -OCH3 is 2. The van der Waals surface area contributed by atoms with Gasteiger partial charge in [0.15, 0.2) is 11.5 Å². The van der Waals surface area contributed by atoms with Gasteiger partial charge < -0.3 is 9.47 Å². The minimum atomic E-state index is 0.787. The number of benzene rings is 1. The van der Waals surface area contributed by atoms with Crippen molar-refractivity contribution in [3.63, 3.8) is 0 Å². The van der Waals surface area contributed by atoms with Gasteiger partial charge in [-0.05, 0) is 41.1 Å². The fourth-order valence-corrected chi connectivity index (χ4v) is 3.57. The Morgan fingerprint density at radius 2 is 2.00 bits per heavy atom. The molecule has 0 saturated carbocycles. The smallest absolute Gasteiger partial charge is 0.161 e. The molecule has 1 aliphatic rings. The van der Waals surface area contributed by atoms with Gasteiger partial charge in [-0.3, -0.25) is 4.90 Å². The lowest BCUT2D eigenvalue weighted by molar-refractivity contribution is 0.247. The van der Waals surface area contributed by atoms with Crippen LogP contribution in [0.5, 0.6) is 11.5 Å². The molecule has 0 fully saturated rings. The first-order valence-corrected chi connectivity index (χ1v) is 7.66. The van der Waals surface area contributed by atoms with Crippen LogP contribution in [-0.2, 0) is 19.5 Å². The van der Waals surface area contributed by atoms with Crippen molar-refractivity contribution in [3.05, 3.63) is 45.6 Å². The summed E-state index contributed by atoms with van der Waals surface area (Å²) in [4.78, 5) is 4.03. The second-order valence-corrected chi connectivity index (χ2v) is 6.02. The average Bonchev–Trinajstić information content (AvgIpc) is 2.94. The number of hydrogen-bond acceptors (Lipinski definition) is 4. The predicted octanol–water partition coefficient (Wildman–Crippen LogP) is 3.32. The maximum Gasteiger partial charge on any atom is 0.161 e. The van der Waals surface area contributed by atoms with Gasteiger partial charge in [0, 0.05) is 24.5 Å². The van der Waals surface area contributed by atoms with Crippen LogP contribution in [0.2, 0.25) is 0 Å². The molecule has 0 amide bonds. The molecule has 0 spiro atoms. The Balaban J connectivity index is 1.72. The Morgan fingerprint density at radius 1 is 1.15 bits per heavy atom. The zero-order valence-corrected chi connectivity index (χ0v) is 12.7. The number of hydrogen-bond donors (Lipinski definition) is 0. The van der Waals surface area contributed by atoms with Crippen molar-refractivity contribution in [2.24, 2.45) is 0 Å². The van der Waals surface area contributed by atoms with Crippen LogP contribution in [0, 0.1) is 0 Å². The van der Waals surface area contributed by atoms with E-state index in [-0.39, 0.29) is 0 Å². The summed E-state index contributed by atoms with van der Waals surface area (Å²) in [6.07, 6.45) is 1.17. The van der Waals surface area contributed by atoms with Gasteiger partial charge in [-0.15, -0.1) is 11.3 Å². The van der Waals surface area contributed by atoms with Crippen LogP contribution in [0.1, 0.15) is 16.0 Å². The third kappa shape index (κ3) is 2.67. The van der Waals surface area contributed by atoms with Crippen molar-refractivity contribution in [2.75, 3.05) is 20.8 Å². The molecule has 0 N–H and O–H groups in total. The third-order valence-corrected chi connectivity index (χ3v) is 4.76. The zero-order chi connectivity index (χ0) is 13.9. The monoisotopic (exact) mass is 289 g/mol. The van der Waals surface area contributed by atoms with E-state index in [9.17, 15) is 0 Å². The van der Waals surface area contributed by atoms with Crippen molar-refractivity contribution in [2.45, 2.75) is 19.5 Å². The lowest BCUT2D eigenvalue weighted by Gasteiger charge is -2.27. The van der Waals surface area contributed by atoms with E-state index >= 15 is 0 Å². The summed E-state index contributed by atoms with van der Waals surface area (Å²) >= 11 is 1.88. The van der Waals surface area contributed by atoms with E-state index in [2.05, 4.69) is 28.5 Å². The summed E-state index contributed by atoms with van der Waals surface area (Å²) in [6.45, 7) is 3.13. The highest BCUT2D eigenvalue weighted by molar-refractivity contribution is 7.10. The van der Waals surface area contributed by atoms with E-state index in [0.717, 1.165) is 31.1 Å². The van der Waals surface area contributed by atoms with E-state index in [0.29, 0.717) is 0 Å². The van der Waals surface area contributed by atoms with Crippen LogP contribution in [0.25, 0.3) is 0 Å². The normalized spacial score (nSPS) is 14.9. The molecule has 1 aliphatic heterocycles. The van der Waals surface area contributed by atoms with Gasteiger partial charge >= 0.3 is 0 Å².